The fourth-order valence-corrected chi connectivity index (χ4v) is 4.12. The first-order valence-corrected chi connectivity index (χ1v) is 8.94. The highest BCUT2D eigenvalue weighted by Crippen LogP contribution is 2.36. The van der Waals surface area contributed by atoms with E-state index in [-0.39, 0.29) is 10.8 Å². The highest BCUT2D eigenvalue weighted by atomic mass is 32.2. The van der Waals surface area contributed by atoms with E-state index < -0.39 is 0 Å². The molecule has 116 valence electrons. The van der Waals surface area contributed by atoms with Crippen LogP contribution in [0.3, 0.4) is 0 Å². The first kappa shape index (κ1) is 16.0. The Morgan fingerprint density at radius 3 is 2.95 bits per heavy atom. The van der Waals surface area contributed by atoms with Gasteiger partial charge < -0.3 is 15.4 Å². The van der Waals surface area contributed by atoms with Crippen molar-refractivity contribution in [2.45, 2.75) is 62.7 Å². The topological polar surface area (TPSA) is 50.4 Å². The molecule has 0 saturated carbocycles. The Morgan fingerprint density at radius 2 is 2.25 bits per heavy atom. The predicted octanol–water partition coefficient (Wildman–Crippen LogP) is 2.92. The van der Waals surface area contributed by atoms with Crippen LogP contribution in [0.5, 0.6) is 0 Å². The maximum Gasteiger partial charge on any atom is 0.314 e. The summed E-state index contributed by atoms with van der Waals surface area (Å²) in [7, 11) is 0. The Balaban J connectivity index is 1.49. The van der Waals surface area contributed by atoms with Crippen LogP contribution >= 0.6 is 11.8 Å². The summed E-state index contributed by atoms with van der Waals surface area (Å²) in [4.78, 5) is 11.7. The maximum absolute atomic E-state index is 11.7. The largest absolute Gasteiger partial charge is 0.378 e. The number of ether oxygens (including phenoxy) is 1. The van der Waals surface area contributed by atoms with Gasteiger partial charge in [-0.3, -0.25) is 0 Å². The summed E-state index contributed by atoms with van der Waals surface area (Å²) in [5.74, 6) is 1.22. The number of hydrogen-bond donors (Lipinski definition) is 2. The molecule has 0 spiro atoms. The summed E-state index contributed by atoms with van der Waals surface area (Å²) in [6, 6.07) is -0.0247. The SMILES string of the molecule is C[C@@]1(CNC(=O)NCCC[C@H]2CCCCO2)CCCS1. The zero-order valence-corrected chi connectivity index (χ0v) is 13.4. The molecule has 0 unspecified atom stereocenters. The van der Waals surface area contributed by atoms with Crippen molar-refractivity contribution in [1.29, 1.82) is 0 Å². The fourth-order valence-electron chi connectivity index (χ4n) is 2.87. The minimum absolute atomic E-state index is 0.0247. The molecule has 0 aromatic rings. The van der Waals surface area contributed by atoms with Crippen LogP contribution < -0.4 is 10.6 Å². The highest BCUT2D eigenvalue weighted by Gasteiger charge is 2.29. The molecule has 2 aliphatic rings. The second-order valence-corrected chi connectivity index (χ2v) is 7.82. The number of urea groups is 1. The van der Waals surface area contributed by atoms with Gasteiger partial charge in [0.15, 0.2) is 0 Å². The van der Waals surface area contributed by atoms with Crippen molar-refractivity contribution in [3.8, 4) is 0 Å². The lowest BCUT2D eigenvalue weighted by Gasteiger charge is -2.23. The average molecular weight is 300 g/mol. The zero-order chi connectivity index (χ0) is 14.3. The van der Waals surface area contributed by atoms with Crippen LogP contribution in [-0.2, 0) is 4.74 Å². The molecule has 5 heteroatoms. The van der Waals surface area contributed by atoms with Gasteiger partial charge in [-0.15, -0.1) is 0 Å². The molecular formula is C15H28N2O2S. The van der Waals surface area contributed by atoms with Gasteiger partial charge in [0.05, 0.1) is 6.10 Å². The molecule has 0 aromatic carbocycles. The lowest BCUT2D eigenvalue weighted by molar-refractivity contribution is 0.0103. The number of amides is 2. The van der Waals surface area contributed by atoms with Crippen LogP contribution in [0.1, 0.15) is 51.9 Å². The molecule has 0 aliphatic carbocycles. The number of thioether (sulfide) groups is 1. The zero-order valence-electron chi connectivity index (χ0n) is 12.6. The predicted molar refractivity (Wildman–Crippen MR) is 84.3 cm³/mol. The van der Waals surface area contributed by atoms with Gasteiger partial charge in [-0.1, -0.05) is 0 Å². The van der Waals surface area contributed by atoms with Crippen LogP contribution in [0.4, 0.5) is 4.79 Å². The molecule has 2 saturated heterocycles. The molecule has 2 fully saturated rings. The van der Waals surface area contributed by atoms with Gasteiger partial charge in [0.1, 0.15) is 0 Å². The van der Waals surface area contributed by atoms with Crippen molar-refractivity contribution in [3.63, 3.8) is 0 Å². The molecular weight excluding hydrogens is 272 g/mol. The molecule has 2 rings (SSSR count). The summed E-state index contributed by atoms with van der Waals surface area (Å²) in [5.41, 5.74) is 0. The summed E-state index contributed by atoms with van der Waals surface area (Å²) in [5, 5.41) is 5.95. The van der Waals surface area contributed by atoms with E-state index in [4.69, 9.17) is 4.74 Å². The third-order valence-corrected chi connectivity index (χ3v) is 5.72. The Bertz CT molecular complexity index is 300. The number of hydrogen-bond acceptors (Lipinski definition) is 3. The van der Waals surface area contributed by atoms with Gasteiger partial charge in [0, 0.05) is 24.4 Å². The van der Waals surface area contributed by atoms with E-state index in [1.807, 2.05) is 11.8 Å². The Hall–Kier alpha value is -0.420. The maximum atomic E-state index is 11.7. The molecule has 2 atom stereocenters. The summed E-state index contributed by atoms with van der Waals surface area (Å²) in [6.07, 6.45) is 8.63. The van der Waals surface area contributed by atoms with Gasteiger partial charge in [-0.2, -0.15) is 11.8 Å². The second-order valence-electron chi connectivity index (χ2n) is 6.14. The van der Waals surface area contributed by atoms with Crippen molar-refractivity contribution >= 4 is 17.8 Å². The summed E-state index contributed by atoms with van der Waals surface area (Å²) in [6.45, 7) is 4.67. The minimum atomic E-state index is -0.0247. The fraction of sp³-hybridized carbons (Fsp3) is 0.933. The Labute approximate surface area is 126 Å². The van der Waals surface area contributed by atoms with Gasteiger partial charge in [0.2, 0.25) is 0 Å². The van der Waals surface area contributed by atoms with Crippen molar-refractivity contribution in [2.24, 2.45) is 0 Å². The first-order valence-electron chi connectivity index (χ1n) is 7.95. The van der Waals surface area contributed by atoms with Crippen LogP contribution in [0.2, 0.25) is 0 Å². The lowest BCUT2D eigenvalue weighted by atomic mass is 10.0. The third-order valence-electron chi connectivity index (χ3n) is 4.19. The van der Waals surface area contributed by atoms with Crippen LogP contribution in [0, 0.1) is 0 Å². The van der Waals surface area contributed by atoms with E-state index in [9.17, 15) is 4.79 Å². The summed E-state index contributed by atoms with van der Waals surface area (Å²) < 4.78 is 5.93. The lowest BCUT2D eigenvalue weighted by Crippen LogP contribution is -2.42. The van der Waals surface area contributed by atoms with Gasteiger partial charge >= 0.3 is 6.03 Å². The number of nitrogens with one attached hydrogen (secondary N) is 2. The Morgan fingerprint density at radius 1 is 1.35 bits per heavy atom. The molecule has 2 N–H and O–H groups in total. The van der Waals surface area contributed by atoms with Gasteiger partial charge in [-0.25, -0.2) is 4.79 Å². The van der Waals surface area contributed by atoms with E-state index in [2.05, 4.69) is 17.6 Å². The molecule has 0 aromatic heterocycles. The minimum Gasteiger partial charge on any atom is -0.378 e. The number of rotatable bonds is 6. The molecule has 20 heavy (non-hydrogen) atoms. The van der Waals surface area contributed by atoms with E-state index in [1.54, 1.807) is 0 Å². The summed E-state index contributed by atoms with van der Waals surface area (Å²) >= 11 is 1.97. The number of carbonyl (C=O) groups excluding carboxylic acids is 1. The van der Waals surface area contributed by atoms with Gasteiger partial charge in [-0.05, 0) is 57.6 Å². The second kappa shape index (κ2) is 8.13. The van der Waals surface area contributed by atoms with Crippen molar-refractivity contribution in [1.82, 2.24) is 10.6 Å². The van der Waals surface area contributed by atoms with Gasteiger partial charge in [0.25, 0.3) is 0 Å². The normalized spacial score (nSPS) is 30.1. The average Bonchev–Trinajstić information content (AvgIpc) is 2.90. The Kier molecular flexibility index (Phi) is 6.49. The van der Waals surface area contributed by atoms with E-state index in [0.717, 1.165) is 32.5 Å². The monoisotopic (exact) mass is 300 g/mol. The van der Waals surface area contributed by atoms with E-state index >= 15 is 0 Å². The highest BCUT2D eigenvalue weighted by molar-refractivity contribution is 8.00. The molecule has 4 nitrogen and oxygen atoms in total. The van der Waals surface area contributed by atoms with E-state index in [1.165, 1.54) is 37.9 Å². The molecule has 2 amide bonds. The molecule has 0 radical (unpaired) electrons. The smallest absolute Gasteiger partial charge is 0.314 e. The third kappa shape index (κ3) is 5.52. The van der Waals surface area contributed by atoms with E-state index in [0.29, 0.717) is 6.10 Å². The molecule has 0 bridgehead atoms. The van der Waals surface area contributed by atoms with Crippen molar-refractivity contribution in [3.05, 3.63) is 0 Å². The van der Waals surface area contributed by atoms with Crippen molar-refractivity contribution in [2.75, 3.05) is 25.4 Å². The standard InChI is InChI=1S/C15H28N2O2S/c1-15(8-5-11-20-15)12-17-14(18)16-9-4-7-13-6-2-3-10-19-13/h13H,2-12H2,1H3,(H2,16,17,18)/t13-,15+/m1/s1. The van der Waals surface area contributed by atoms with Crippen molar-refractivity contribution < 1.29 is 9.53 Å². The van der Waals surface area contributed by atoms with Crippen LogP contribution in [-0.4, -0.2) is 42.3 Å². The first-order chi connectivity index (χ1) is 9.68. The van der Waals surface area contributed by atoms with Crippen LogP contribution in [0.15, 0.2) is 0 Å². The molecule has 2 heterocycles. The quantitative estimate of drug-likeness (QED) is 0.742. The van der Waals surface area contributed by atoms with Crippen LogP contribution in [0.25, 0.3) is 0 Å². The number of carbonyl (C=O) groups is 1. The molecule has 2 aliphatic heterocycles.